The van der Waals surface area contributed by atoms with Gasteiger partial charge < -0.3 is 15.1 Å². The van der Waals surface area contributed by atoms with Gasteiger partial charge in [0.1, 0.15) is 5.82 Å². The van der Waals surface area contributed by atoms with Crippen molar-refractivity contribution >= 4 is 6.03 Å². The summed E-state index contributed by atoms with van der Waals surface area (Å²) in [7, 11) is 1.89. The Labute approximate surface area is 153 Å². The third-order valence-electron chi connectivity index (χ3n) is 5.60. The molecule has 0 unspecified atom stereocenters. The van der Waals surface area contributed by atoms with Crippen molar-refractivity contribution in [2.45, 2.75) is 24.9 Å². The minimum Gasteiger partial charge on any atom is -0.323 e. The molecule has 2 heterocycles. The number of amides is 2. The summed E-state index contributed by atoms with van der Waals surface area (Å²) < 4.78 is 13.4. The number of benzene rings is 2. The lowest BCUT2D eigenvalue weighted by Crippen LogP contribution is -2.50. The standard InChI is InChI=1S/C21H24FN3O/c1-24(18-10-12-23-14-18)21(26)25-13-11-15-4-2-3-5-19(15)20(25)16-6-8-17(22)9-7-16/h2-9,18,20,23H,10-14H2,1H3/t18-,20+/m0/s1. The molecule has 2 aliphatic heterocycles. The van der Waals surface area contributed by atoms with Crippen molar-refractivity contribution in [3.8, 4) is 0 Å². The van der Waals surface area contributed by atoms with Crippen LogP contribution in [0.1, 0.15) is 29.2 Å². The van der Waals surface area contributed by atoms with E-state index in [9.17, 15) is 9.18 Å². The molecule has 1 fully saturated rings. The van der Waals surface area contributed by atoms with Gasteiger partial charge in [-0.3, -0.25) is 0 Å². The molecule has 136 valence electrons. The zero-order valence-corrected chi connectivity index (χ0v) is 15.0. The first-order valence-corrected chi connectivity index (χ1v) is 9.22. The molecule has 4 nitrogen and oxygen atoms in total. The van der Waals surface area contributed by atoms with Crippen LogP contribution < -0.4 is 5.32 Å². The zero-order valence-electron chi connectivity index (χ0n) is 15.0. The monoisotopic (exact) mass is 353 g/mol. The summed E-state index contributed by atoms with van der Waals surface area (Å²) in [6, 6.07) is 14.9. The van der Waals surface area contributed by atoms with Crippen LogP contribution in [-0.2, 0) is 6.42 Å². The smallest absolute Gasteiger partial charge is 0.320 e. The van der Waals surface area contributed by atoms with Crippen molar-refractivity contribution in [1.29, 1.82) is 0 Å². The molecule has 1 saturated heterocycles. The topological polar surface area (TPSA) is 35.6 Å². The summed E-state index contributed by atoms with van der Waals surface area (Å²) in [5.41, 5.74) is 3.34. The fraction of sp³-hybridized carbons (Fsp3) is 0.381. The number of hydrogen-bond acceptors (Lipinski definition) is 2. The fourth-order valence-corrected chi connectivity index (χ4v) is 4.11. The molecule has 0 saturated carbocycles. The number of likely N-dealkylation sites (N-methyl/N-ethyl adjacent to an activating group) is 1. The summed E-state index contributed by atoms with van der Waals surface area (Å²) in [4.78, 5) is 17.1. The molecule has 2 atom stereocenters. The van der Waals surface area contributed by atoms with Crippen molar-refractivity contribution in [1.82, 2.24) is 15.1 Å². The predicted molar refractivity (Wildman–Crippen MR) is 99.5 cm³/mol. The maximum Gasteiger partial charge on any atom is 0.320 e. The van der Waals surface area contributed by atoms with Gasteiger partial charge in [-0.05, 0) is 48.2 Å². The average Bonchev–Trinajstić information content (AvgIpc) is 3.21. The van der Waals surface area contributed by atoms with Crippen molar-refractivity contribution in [2.24, 2.45) is 0 Å². The molecule has 0 radical (unpaired) electrons. The molecule has 5 heteroatoms. The molecule has 1 N–H and O–H groups in total. The highest BCUT2D eigenvalue weighted by atomic mass is 19.1. The van der Waals surface area contributed by atoms with Gasteiger partial charge in [0, 0.05) is 26.2 Å². The van der Waals surface area contributed by atoms with E-state index in [0.717, 1.165) is 37.1 Å². The van der Waals surface area contributed by atoms with Gasteiger partial charge >= 0.3 is 6.03 Å². The van der Waals surface area contributed by atoms with Gasteiger partial charge in [0.05, 0.1) is 6.04 Å². The van der Waals surface area contributed by atoms with Gasteiger partial charge in [-0.1, -0.05) is 36.4 Å². The van der Waals surface area contributed by atoms with Gasteiger partial charge in [-0.15, -0.1) is 0 Å². The van der Waals surface area contributed by atoms with E-state index in [1.807, 2.05) is 29.0 Å². The summed E-state index contributed by atoms with van der Waals surface area (Å²) >= 11 is 0. The van der Waals surface area contributed by atoms with Crippen LogP contribution in [0, 0.1) is 5.82 Å². The molecule has 0 aliphatic carbocycles. The van der Waals surface area contributed by atoms with Gasteiger partial charge in [-0.2, -0.15) is 0 Å². The number of nitrogens with zero attached hydrogens (tertiary/aromatic N) is 2. The van der Waals surface area contributed by atoms with Crippen molar-refractivity contribution < 1.29 is 9.18 Å². The minimum atomic E-state index is -0.259. The Hall–Kier alpha value is -2.40. The fourth-order valence-electron chi connectivity index (χ4n) is 4.11. The van der Waals surface area contributed by atoms with E-state index in [0.29, 0.717) is 6.54 Å². The van der Waals surface area contributed by atoms with Crippen molar-refractivity contribution in [3.05, 3.63) is 71.0 Å². The second-order valence-corrected chi connectivity index (χ2v) is 7.14. The van der Waals surface area contributed by atoms with Crippen LogP contribution in [0.5, 0.6) is 0 Å². The number of halogens is 1. The van der Waals surface area contributed by atoms with Gasteiger partial charge in [0.2, 0.25) is 0 Å². The number of fused-ring (bicyclic) bond motifs is 1. The van der Waals surface area contributed by atoms with E-state index in [1.165, 1.54) is 17.7 Å². The SMILES string of the molecule is CN(C(=O)N1CCc2ccccc2[C@H]1c1ccc(F)cc1)[C@H]1CCNC1. The van der Waals surface area contributed by atoms with Crippen molar-refractivity contribution in [2.75, 3.05) is 26.7 Å². The molecule has 2 amide bonds. The quantitative estimate of drug-likeness (QED) is 0.900. The van der Waals surface area contributed by atoms with Crippen LogP contribution in [0.15, 0.2) is 48.5 Å². The number of carbonyl (C=O) groups excluding carboxylic acids is 1. The summed E-state index contributed by atoms with van der Waals surface area (Å²) in [6.45, 7) is 2.46. The second-order valence-electron chi connectivity index (χ2n) is 7.14. The highest BCUT2D eigenvalue weighted by Gasteiger charge is 2.35. The first-order chi connectivity index (χ1) is 12.6. The average molecular weight is 353 g/mol. The zero-order chi connectivity index (χ0) is 18.1. The number of nitrogens with one attached hydrogen (secondary N) is 1. The van der Waals surface area contributed by atoms with Crippen LogP contribution in [0.25, 0.3) is 0 Å². The molecule has 26 heavy (non-hydrogen) atoms. The van der Waals surface area contributed by atoms with E-state index in [2.05, 4.69) is 17.4 Å². The van der Waals surface area contributed by atoms with Crippen LogP contribution in [-0.4, -0.2) is 48.6 Å². The first kappa shape index (κ1) is 17.0. The molecule has 2 aromatic rings. The number of carbonyl (C=O) groups is 1. The van der Waals surface area contributed by atoms with Crippen LogP contribution in [0.4, 0.5) is 9.18 Å². The lowest BCUT2D eigenvalue weighted by atomic mass is 9.88. The number of hydrogen-bond donors (Lipinski definition) is 1. The lowest BCUT2D eigenvalue weighted by molar-refractivity contribution is 0.134. The number of urea groups is 1. The molecule has 0 bridgehead atoms. The third-order valence-corrected chi connectivity index (χ3v) is 5.60. The van der Waals surface area contributed by atoms with E-state index >= 15 is 0 Å². The highest BCUT2D eigenvalue weighted by Crippen LogP contribution is 2.36. The normalized spacial score (nSPS) is 22.2. The predicted octanol–water partition coefficient (Wildman–Crippen LogP) is 3.19. The summed E-state index contributed by atoms with van der Waals surface area (Å²) in [5, 5.41) is 3.32. The van der Waals surface area contributed by atoms with E-state index < -0.39 is 0 Å². The summed E-state index contributed by atoms with van der Waals surface area (Å²) in [6.07, 6.45) is 1.82. The van der Waals surface area contributed by atoms with Gasteiger partial charge in [0.25, 0.3) is 0 Å². The summed E-state index contributed by atoms with van der Waals surface area (Å²) in [5.74, 6) is -0.259. The maximum absolute atomic E-state index is 13.4. The van der Waals surface area contributed by atoms with E-state index in [4.69, 9.17) is 0 Å². The molecule has 4 rings (SSSR count). The molecular formula is C21H24FN3O. The number of rotatable bonds is 2. The van der Waals surface area contributed by atoms with E-state index in [-0.39, 0.29) is 23.9 Å². The van der Waals surface area contributed by atoms with Crippen LogP contribution >= 0.6 is 0 Å². The van der Waals surface area contributed by atoms with Crippen LogP contribution in [0.3, 0.4) is 0 Å². The largest absolute Gasteiger partial charge is 0.323 e. The van der Waals surface area contributed by atoms with Crippen molar-refractivity contribution in [3.63, 3.8) is 0 Å². The molecule has 0 spiro atoms. The minimum absolute atomic E-state index is 0.0440. The maximum atomic E-state index is 13.4. The van der Waals surface area contributed by atoms with Gasteiger partial charge in [-0.25, -0.2) is 9.18 Å². The van der Waals surface area contributed by atoms with Crippen LogP contribution in [0.2, 0.25) is 0 Å². The lowest BCUT2D eigenvalue weighted by Gasteiger charge is -2.41. The Balaban J connectivity index is 1.70. The Kier molecular flexibility index (Phi) is 4.64. The Morgan fingerprint density at radius 3 is 2.69 bits per heavy atom. The van der Waals surface area contributed by atoms with E-state index in [1.54, 1.807) is 12.1 Å². The first-order valence-electron chi connectivity index (χ1n) is 9.22. The Morgan fingerprint density at radius 2 is 1.96 bits per heavy atom. The Bertz CT molecular complexity index is 786. The second kappa shape index (κ2) is 7.08. The highest BCUT2D eigenvalue weighted by molar-refractivity contribution is 5.76. The Morgan fingerprint density at radius 1 is 1.19 bits per heavy atom. The third kappa shape index (κ3) is 3.07. The molecule has 2 aliphatic rings. The van der Waals surface area contributed by atoms with Gasteiger partial charge in [0.15, 0.2) is 0 Å². The molecule has 0 aromatic heterocycles. The molecular weight excluding hydrogens is 329 g/mol. The molecule has 2 aromatic carbocycles.